The van der Waals surface area contributed by atoms with Gasteiger partial charge in [-0.05, 0) is 72.7 Å². The summed E-state index contributed by atoms with van der Waals surface area (Å²) in [4.78, 5) is 19.1. The maximum Gasteiger partial charge on any atom is 0.433 e. The van der Waals surface area contributed by atoms with Gasteiger partial charge in [-0.25, -0.2) is 14.8 Å². The van der Waals surface area contributed by atoms with E-state index in [1.165, 1.54) is 6.07 Å². The van der Waals surface area contributed by atoms with Crippen molar-refractivity contribution in [2.75, 3.05) is 11.9 Å². The molecule has 1 aromatic heterocycles. The zero-order valence-corrected chi connectivity index (χ0v) is 17.1. The highest BCUT2D eigenvalue weighted by molar-refractivity contribution is 5.93. The van der Waals surface area contributed by atoms with Crippen molar-refractivity contribution in [1.29, 1.82) is 0 Å². The molecule has 9 heteroatoms. The first-order valence-corrected chi connectivity index (χ1v) is 9.98. The molecule has 4 rings (SSSR count). The smallest absolute Gasteiger partial charge is 0.433 e. The fourth-order valence-electron chi connectivity index (χ4n) is 3.22. The summed E-state index contributed by atoms with van der Waals surface area (Å²) in [6.45, 7) is 2.32. The van der Waals surface area contributed by atoms with E-state index in [1.54, 1.807) is 24.3 Å². The van der Waals surface area contributed by atoms with Crippen molar-refractivity contribution in [2.24, 2.45) is 5.92 Å². The number of hydrogen-bond donors (Lipinski definition) is 2. The molecule has 0 radical (unpaired) electrons. The molecule has 1 aliphatic carbocycles. The number of anilines is 2. The number of carbonyl (C=O) groups is 1. The number of benzene rings is 2. The van der Waals surface area contributed by atoms with E-state index in [2.05, 4.69) is 15.3 Å². The minimum Gasteiger partial charge on any atom is -0.492 e. The molecule has 2 aromatic carbocycles. The van der Waals surface area contributed by atoms with Gasteiger partial charge in [0, 0.05) is 11.9 Å². The average molecular weight is 443 g/mol. The Hall–Kier alpha value is -3.62. The minimum absolute atomic E-state index is 0.0559. The SMILES string of the molecule is Cc1cc(Nc2nccc(C(F)(F)F)n2)cc(-c2ccc(OCC3CC3)c(C(=O)O)c2)c1. The van der Waals surface area contributed by atoms with Crippen molar-refractivity contribution in [3.8, 4) is 16.9 Å². The van der Waals surface area contributed by atoms with E-state index >= 15 is 0 Å². The maximum atomic E-state index is 12.9. The van der Waals surface area contributed by atoms with Crippen LogP contribution in [0.4, 0.5) is 24.8 Å². The molecule has 2 N–H and O–H groups in total. The van der Waals surface area contributed by atoms with Crippen molar-refractivity contribution < 1.29 is 27.8 Å². The van der Waals surface area contributed by atoms with Gasteiger partial charge >= 0.3 is 12.1 Å². The fraction of sp³-hybridized carbons (Fsp3) is 0.261. The number of carboxylic acid groups (broad SMARTS) is 1. The molecule has 3 aromatic rings. The zero-order chi connectivity index (χ0) is 22.9. The van der Waals surface area contributed by atoms with Gasteiger partial charge in [0.1, 0.15) is 17.0 Å². The second kappa shape index (κ2) is 8.49. The molecule has 1 fully saturated rings. The topological polar surface area (TPSA) is 84.3 Å². The van der Waals surface area contributed by atoms with Crippen LogP contribution in [0.15, 0.2) is 48.7 Å². The van der Waals surface area contributed by atoms with Gasteiger partial charge in [-0.15, -0.1) is 0 Å². The Balaban J connectivity index is 1.62. The number of aromatic nitrogens is 2. The average Bonchev–Trinajstić information content (AvgIpc) is 3.56. The summed E-state index contributed by atoms with van der Waals surface area (Å²) in [6.07, 6.45) is -1.35. The number of ether oxygens (including phenoxy) is 1. The molecule has 1 aliphatic rings. The Labute approximate surface area is 182 Å². The summed E-state index contributed by atoms with van der Waals surface area (Å²) in [5.74, 6) is -0.483. The van der Waals surface area contributed by atoms with E-state index in [0.717, 1.165) is 30.7 Å². The Bertz CT molecular complexity index is 1160. The summed E-state index contributed by atoms with van der Waals surface area (Å²) in [6, 6.07) is 11.0. The van der Waals surface area contributed by atoms with E-state index in [-0.39, 0.29) is 11.5 Å². The van der Waals surface area contributed by atoms with Gasteiger partial charge in [-0.3, -0.25) is 0 Å². The van der Waals surface area contributed by atoms with Crippen LogP contribution < -0.4 is 10.1 Å². The van der Waals surface area contributed by atoms with Crippen LogP contribution in [0.2, 0.25) is 0 Å². The lowest BCUT2D eigenvalue weighted by molar-refractivity contribution is -0.141. The van der Waals surface area contributed by atoms with Crippen LogP contribution in [0.3, 0.4) is 0 Å². The molecule has 0 saturated heterocycles. The molecule has 166 valence electrons. The molecule has 6 nitrogen and oxygen atoms in total. The molecule has 0 aliphatic heterocycles. The van der Waals surface area contributed by atoms with Crippen molar-refractivity contribution in [2.45, 2.75) is 25.9 Å². The number of halogens is 3. The third kappa shape index (κ3) is 5.16. The largest absolute Gasteiger partial charge is 0.492 e. The molecule has 0 spiro atoms. The van der Waals surface area contributed by atoms with Crippen molar-refractivity contribution in [1.82, 2.24) is 9.97 Å². The molecule has 32 heavy (non-hydrogen) atoms. The van der Waals surface area contributed by atoms with Gasteiger partial charge in [0.25, 0.3) is 0 Å². The van der Waals surface area contributed by atoms with Crippen LogP contribution in [-0.4, -0.2) is 27.7 Å². The Morgan fingerprint density at radius 1 is 1.16 bits per heavy atom. The van der Waals surface area contributed by atoms with E-state index in [4.69, 9.17) is 4.74 Å². The highest BCUT2D eigenvalue weighted by atomic mass is 19.4. The second-order valence-corrected chi connectivity index (χ2v) is 7.75. The number of nitrogens with zero attached hydrogens (tertiary/aromatic N) is 2. The molecule has 0 amide bonds. The molecule has 0 unspecified atom stereocenters. The predicted octanol–water partition coefficient (Wildman–Crippen LogP) is 5.70. The van der Waals surface area contributed by atoms with Crippen LogP contribution in [0.1, 0.15) is 34.5 Å². The van der Waals surface area contributed by atoms with Crippen LogP contribution in [0.25, 0.3) is 11.1 Å². The molecule has 0 atom stereocenters. The number of nitrogens with one attached hydrogen (secondary N) is 1. The standard InChI is InChI=1S/C23H20F3N3O3/c1-13-8-16(10-17(9-13)28-22-27-7-6-20(29-22)23(24,25)26)15-4-5-19(18(11-15)21(30)31)32-12-14-2-3-14/h4-11,14H,2-3,12H2,1H3,(H,30,31)(H,27,28,29). The van der Waals surface area contributed by atoms with E-state index in [1.807, 2.05) is 13.0 Å². The molecule has 0 bridgehead atoms. The molecule has 1 saturated carbocycles. The van der Waals surface area contributed by atoms with Gasteiger partial charge < -0.3 is 15.2 Å². The van der Waals surface area contributed by atoms with Crippen molar-refractivity contribution in [3.05, 3.63) is 65.5 Å². The third-order valence-corrected chi connectivity index (χ3v) is 4.99. The van der Waals surface area contributed by atoms with E-state index < -0.39 is 17.8 Å². The Morgan fingerprint density at radius 3 is 2.62 bits per heavy atom. The number of aryl methyl sites for hydroxylation is 1. The first-order valence-electron chi connectivity index (χ1n) is 9.98. The van der Waals surface area contributed by atoms with Gasteiger partial charge in [0.15, 0.2) is 0 Å². The highest BCUT2D eigenvalue weighted by Crippen LogP contribution is 2.33. The summed E-state index contributed by atoms with van der Waals surface area (Å²) in [7, 11) is 0. The van der Waals surface area contributed by atoms with Gasteiger partial charge in [-0.2, -0.15) is 13.2 Å². The maximum absolute atomic E-state index is 12.9. The number of rotatable bonds is 7. The van der Waals surface area contributed by atoms with Crippen LogP contribution in [-0.2, 0) is 6.18 Å². The lowest BCUT2D eigenvalue weighted by Gasteiger charge is -2.13. The summed E-state index contributed by atoms with van der Waals surface area (Å²) in [5, 5.41) is 12.4. The summed E-state index contributed by atoms with van der Waals surface area (Å²) in [5.41, 5.74) is 1.64. The Kier molecular flexibility index (Phi) is 5.73. The van der Waals surface area contributed by atoms with Gasteiger partial charge in [0.2, 0.25) is 5.95 Å². The van der Waals surface area contributed by atoms with Crippen molar-refractivity contribution >= 4 is 17.6 Å². The number of hydrogen-bond acceptors (Lipinski definition) is 5. The lowest BCUT2D eigenvalue weighted by atomic mass is 10.00. The lowest BCUT2D eigenvalue weighted by Crippen LogP contribution is -2.10. The molecule has 1 heterocycles. The van der Waals surface area contributed by atoms with Crippen LogP contribution in [0.5, 0.6) is 5.75 Å². The van der Waals surface area contributed by atoms with Crippen LogP contribution >= 0.6 is 0 Å². The highest BCUT2D eigenvalue weighted by Gasteiger charge is 2.32. The van der Waals surface area contributed by atoms with E-state index in [9.17, 15) is 23.1 Å². The third-order valence-electron chi connectivity index (χ3n) is 4.99. The predicted molar refractivity (Wildman–Crippen MR) is 112 cm³/mol. The second-order valence-electron chi connectivity index (χ2n) is 7.75. The first-order chi connectivity index (χ1) is 15.2. The van der Waals surface area contributed by atoms with E-state index in [0.29, 0.717) is 35.1 Å². The molecular weight excluding hydrogens is 423 g/mol. The molecular formula is C23H20F3N3O3. The fourth-order valence-corrected chi connectivity index (χ4v) is 3.22. The number of carboxylic acids is 1. The van der Waals surface area contributed by atoms with Gasteiger partial charge in [-0.1, -0.05) is 12.1 Å². The van der Waals surface area contributed by atoms with Crippen molar-refractivity contribution in [3.63, 3.8) is 0 Å². The monoisotopic (exact) mass is 443 g/mol. The number of aromatic carboxylic acids is 1. The normalized spacial score (nSPS) is 13.6. The zero-order valence-electron chi connectivity index (χ0n) is 17.1. The minimum atomic E-state index is -4.58. The van der Waals surface area contributed by atoms with Gasteiger partial charge in [0.05, 0.1) is 6.61 Å². The Morgan fingerprint density at radius 2 is 1.94 bits per heavy atom. The first kappa shape index (κ1) is 21.6. The quantitative estimate of drug-likeness (QED) is 0.487. The number of alkyl halides is 3. The van der Waals surface area contributed by atoms with Crippen LogP contribution in [0, 0.1) is 12.8 Å². The summed E-state index contributed by atoms with van der Waals surface area (Å²) >= 11 is 0. The summed E-state index contributed by atoms with van der Waals surface area (Å²) < 4.78 is 44.4.